The summed E-state index contributed by atoms with van der Waals surface area (Å²) in [6, 6.07) is 1.57. The van der Waals surface area contributed by atoms with Gasteiger partial charge in [-0.05, 0) is 32.8 Å². The average Bonchev–Trinajstić information content (AvgIpc) is 3.30. The van der Waals surface area contributed by atoms with E-state index in [1.807, 2.05) is 0 Å². The van der Waals surface area contributed by atoms with E-state index in [1.54, 1.807) is 13.0 Å². The number of hydrogen-bond acceptors (Lipinski definition) is 5. The minimum atomic E-state index is -0.199. The van der Waals surface area contributed by atoms with Crippen molar-refractivity contribution in [3.63, 3.8) is 0 Å². The zero-order chi connectivity index (χ0) is 17.3. The zero-order valence-electron chi connectivity index (χ0n) is 13.3. The van der Waals surface area contributed by atoms with E-state index in [2.05, 4.69) is 32.0 Å². The molecule has 2 aromatic rings. The number of carbonyl (C=O) groups excluding carboxylic acids is 1. The molecule has 2 aromatic heterocycles. The van der Waals surface area contributed by atoms with Crippen molar-refractivity contribution < 1.29 is 4.79 Å². The summed E-state index contributed by atoms with van der Waals surface area (Å²) in [7, 11) is 0. The molecule has 0 spiro atoms. The molecular formula is C15H17Cl2N5OS. The zero-order valence-corrected chi connectivity index (χ0v) is 15.7. The number of nitrogens with one attached hydrogen (secondary N) is 1. The van der Waals surface area contributed by atoms with E-state index in [0.29, 0.717) is 27.5 Å². The Bertz CT molecular complexity index is 775. The van der Waals surface area contributed by atoms with E-state index in [-0.39, 0.29) is 11.7 Å². The molecule has 1 saturated carbocycles. The first-order valence-corrected chi connectivity index (χ1v) is 9.42. The maximum absolute atomic E-state index is 12.2. The number of anilines is 1. The minimum Gasteiger partial charge on any atom is -0.309 e. The molecule has 0 aromatic carbocycles. The Morgan fingerprint density at radius 3 is 2.79 bits per heavy atom. The van der Waals surface area contributed by atoms with Gasteiger partial charge in [-0.2, -0.15) is 0 Å². The van der Waals surface area contributed by atoms with E-state index in [1.165, 1.54) is 24.6 Å². The fourth-order valence-electron chi connectivity index (χ4n) is 2.29. The second kappa shape index (κ2) is 7.29. The summed E-state index contributed by atoms with van der Waals surface area (Å²) in [5.41, 5.74) is 0.615. The third kappa shape index (κ3) is 3.84. The Hall–Kier alpha value is -1.31. The first kappa shape index (κ1) is 17.5. The summed E-state index contributed by atoms with van der Waals surface area (Å²) < 4.78 is 2.08. The molecule has 0 saturated heterocycles. The highest BCUT2D eigenvalue weighted by Crippen LogP contribution is 2.40. The van der Waals surface area contributed by atoms with Gasteiger partial charge < -0.3 is 9.88 Å². The number of nitrogens with zero attached hydrogens (tertiary/aromatic N) is 4. The van der Waals surface area contributed by atoms with Crippen LogP contribution in [0.2, 0.25) is 10.0 Å². The number of pyridine rings is 1. The number of carbonyl (C=O) groups is 1. The van der Waals surface area contributed by atoms with Crippen molar-refractivity contribution in [2.24, 2.45) is 0 Å². The third-order valence-electron chi connectivity index (χ3n) is 3.70. The minimum absolute atomic E-state index is 0.199. The van der Waals surface area contributed by atoms with Gasteiger partial charge in [0.2, 0.25) is 5.91 Å². The fraction of sp³-hybridized carbons (Fsp3) is 0.467. The van der Waals surface area contributed by atoms with Gasteiger partial charge in [-0.25, -0.2) is 4.98 Å². The first-order valence-electron chi connectivity index (χ1n) is 7.68. The Morgan fingerprint density at radius 1 is 1.38 bits per heavy atom. The van der Waals surface area contributed by atoms with Crippen molar-refractivity contribution in [3.8, 4) is 0 Å². The molecule has 1 amide bonds. The summed E-state index contributed by atoms with van der Waals surface area (Å²) in [6.45, 7) is 4.61. The predicted octanol–water partition coefficient (Wildman–Crippen LogP) is 3.92. The topological polar surface area (TPSA) is 72.7 Å². The van der Waals surface area contributed by atoms with E-state index >= 15 is 0 Å². The molecule has 1 aliphatic carbocycles. The van der Waals surface area contributed by atoms with Crippen molar-refractivity contribution in [1.82, 2.24) is 19.7 Å². The standard InChI is InChI=1S/C15H17Cl2N5OS/c1-3-22-14(9-4-5-9)20-21-15(22)24-7-12(23)19-13-11(17)6-10(16)8(2)18-13/h6,9H,3-5,7H2,1-2H3,(H,18,19,23). The SMILES string of the molecule is CCn1c(SCC(=O)Nc2nc(C)c(Cl)cc2Cl)nnc1C1CC1. The number of hydrogen-bond donors (Lipinski definition) is 1. The van der Waals surface area contributed by atoms with Crippen molar-refractivity contribution in [2.45, 2.75) is 44.3 Å². The summed E-state index contributed by atoms with van der Waals surface area (Å²) in [4.78, 5) is 16.4. The largest absolute Gasteiger partial charge is 0.309 e. The van der Waals surface area contributed by atoms with Gasteiger partial charge in [-0.1, -0.05) is 35.0 Å². The number of rotatable bonds is 6. The highest BCUT2D eigenvalue weighted by atomic mass is 35.5. The quantitative estimate of drug-likeness (QED) is 0.762. The smallest absolute Gasteiger partial charge is 0.236 e. The monoisotopic (exact) mass is 385 g/mol. The number of aromatic nitrogens is 4. The Balaban J connectivity index is 1.63. The first-order chi connectivity index (χ1) is 11.5. The van der Waals surface area contributed by atoms with Crippen LogP contribution in [-0.2, 0) is 11.3 Å². The van der Waals surface area contributed by atoms with Crippen LogP contribution in [0.15, 0.2) is 11.2 Å². The molecule has 24 heavy (non-hydrogen) atoms. The van der Waals surface area contributed by atoms with Crippen LogP contribution >= 0.6 is 35.0 Å². The van der Waals surface area contributed by atoms with Crippen LogP contribution in [-0.4, -0.2) is 31.4 Å². The second-order valence-electron chi connectivity index (χ2n) is 5.58. The highest BCUT2D eigenvalue weighted by molar-refractivity contribution is 7.99. The third-order valence-corrected chi connectivity index (χ3v) is 5.34. The molecule has 2 heterocycles. The molecule has 0 radical (unpaired) electrons. The second-order valence-corrected chi connectivity index (χ2v) is 7.34. The molecular weight excluding hydrogens is 369 g/mol. The van der Waals surface area contributed by atoms with Crippen LogP contribution in [0, 0.1) is 6.92 Å². The van der Waals surface area contributed by atoms with E-state index in [9.17, 15) is 4.79 Å². The van der Waals surface area contributed by atoms with E-state index in [4.69, 9.17) is 23.2 Å². The Kier molecular flexibility index (Phi) is 5.32. The molecule has 1 N–H and O–H groups in total. The lowest BCUT2D eigenvalue weighted by Gasteiger charge is -2.09. The maximum Gasteiger partial charge on any atom is 0.236 e. The number of thioether (sulfide) groups is 1. The van der Waals surface area contributed by atoms with Crippen LogP contribution < -0.4 is 5.32 Å². The van der Waals surface area contributed by atoms with Gasteiger partial charge in [0.1, 0.15) is 5.82 Å². The molecule has 6 nitrogen and oxygen atoms in total. The van der Waals surface area contributed by atoms with Gasteiger partial charge in [0.15, 0.2) is 11.0 Å². The normalized spacial score (nSPS) is 14.0. The van der Waals surface area contributed by atoms with Crippen molar-refractivity contribution >= 4 is 46.7 Å². The summed E-state index contributed by atoms with van der Waals surface area (Å²) in [5.74, 6) is 1.89. The lowest BCUT2D eigenvalue weighted by atomic mass is 10.3. The highest BCUT2D eigenvalue weighted by Gasteiger charge is 2.30. The Morgan fingerprint density at radius 2 is 2.12 bits per heavy atom. The average molecular weight is 386 g/mol. The van der Waals surface area contributed by atoms with E-state index < -0.39 is 0 Å². The number of halogens is 2. The number of aryl methyl sites for hydroxylation is 1. The molecule has 0 aliphatic heterocycles. The predicted molar refractivity (Wildman–Crippen MR) is 96.0 cm³/mol. The van der Waals surface area contributed by atoms with Gasteiger partial charge in [0.05, 0.1) is 21.5 Å². The summed E-state index contributed by atoms with van der Waals surface area (Å²) in [6.07, 6.45) is 2.34. The van der Waals surface area contributed by atoms with Gasteiger partial charge in [-0.15, -0.1) is 10.2 Å². The van der Waals surface area contributed by atoms with Gasteiger partial charge in [0, 0.05) is 12.5 Å². The summed E-state index contributed by atoms with van der Waals surface area (Å²) >= 11 is 13.4. The van der Waals surface area contributed by atoms with Gasteiger partial charge in [0.25, 0.3) is 0 Å². The summed E-state index contributed by atoms with van der Waals surface area (Å²) in [5, 5.41) is 12.7. The van der Waals surface area contributed by atoms with Crippen LogP contribution in [0.25, 0.3) is 0 Å². The Labute approximate surface area is 154 Å². The lowest BCUT2D eigenvalue weighted by molar-refractivity contribution is -0.113. The van der Waals surface area contributed by atoms with Crippen molar-refractivity contribution in [3.05, 3.63) is 27.6 Å². The molecule has 0 bridgehead atoms. The van der Waals surface area contributed by atoms with Crippen LogP contribution in [0.1, 0.15) is 37.2 Å². The van der Waals surface area contributed by atoms with Gasteiger partial charge in [-0.3, -0.25) is 4.79 Å². The molecule has 0 unspecified atom stereocenters. The van der Waals surface area contributed by atoms with E-state index in [0.717, 1.165) is 17.5 Å². The maximum atomic E-state index is 12.2. The van der Waals surface area contributed by atoms with Crippen LogP contribution in [0.5, 0.6) is 0 Å². The van der Waals surface area contributed by atoms with Crippen LogP contribution in [0.3, 0.4) is 0 Å². The van der Waals surface area contributed by atoms with Crippen molar-refractivity contribution in [2.75, 3.05) is 11.1 Å². The lowest BCUT2D eigenvalue weighted by Crippen LogP contribution is -2.16. The molecule has 0 atom stereocenters. The van der Waals surface area contributed by atoms with Gasteiger partial charge >= 0.3 is 0 Å². The molecule has 1 fully saturated rings. The van der Waals surface area contributed by atoms with Crippen LogP contribution in [0.4, 0.5) is 5.82 Å². The molecule has 128 valence electrons. The molecule has 1 aliphatic rings. The molecule has 3 rings (SSSR count). The molecule has 9 heteroatoms. The fourth-order valence-corrected chi connectivity index (χ4v) is 3.51. The van der Waals surface area contributed by atoms with Crippen molar-refractivity contribution in [1.29, 1.82) is 0 Å². The number of amides is 1.